The molecule has 2 rings (SSSR count). The Hall–Kier alpha value is -1.76. The number of hydrogen-bond acceptors (Lipinski definition) is 3. The molecule has 0 saturated carbocycles. The molecule has 0 fully saturated rings. The van der Waals surface area contributed by atoms with Crippen molar-refractivity contribution in [3.05, 3.63) is 29.1 Å². The van der Waals surface area contributed by atoms with Gasteiger partial charge in [0, 0.05) is 11.0 Å². The number of fused-ring (bicyclic) bond motifs is 1. The van der Waals surface area contributed by atoms with Crippen LogP contribution in [0, 0.1) is 11.2 Å². The molecule has 0 spiro atoms. The number of nitrogens with one attached hydrogen (secondary N) is 1. The maximum absolute atomic E-state index is 14.3. The Morgan fingerprint density at radius 3 is 2.17 bits per heavy atom. The summed E-state index contributed by atoms with van der Waals surface area (Å²) in [5, 5.41) is 2.70. The summed E-state index contributed by atoms with van der Waals surface area (Å²) in [6.07, 6.45) is 0. The molecule has 1 N–H and O–H groups in total. The van der Waals surface area contributed by atoms with E-state index in [1.165, 1.54) is 6.07 Å². The van der Waals surface area contributed by atoms with Gasteiger partial charge in [0.05, 0.1) is 16.8 Å². The van der Waals surface area contributed by atoms with E-state index in [9.17, 15) is 17.6 Å². The van der Waals surface area contributed by atoms with Gasteiger partial charge in [-0.15, -0.1) is 0 Å². The van der Waals surface area contributed by atoms with Crippen molar-refractivity contribution in [3.63, 3.8) is 0 Å². The standard InChI is InChI=1S/C16H21FN2O3S/c1-15(2,3)13-11-10(17)8-7-9(12(11)23(21,22)19-13)14(20)18-16(4,5)6/h7-8H,1-6H3,(H,18,20). The fourth-order valence-corrected chi connectivity index (χ4v) is 3.94. The Morgan fingerprint density at radius 1 is 1.13 bits per heavy atom. The minimum absolute atomic E-state index is 0.0840. The summed E-state index contributed by atoms with van der Waals surface area (Å²) < 4.78 is 42.9. The highest BCUT2D eigenvalue weighted by molar-refractivity contribution is 7.90. The highest BCUT2D eigenvalue weighted by atomic mass is 32.2. The van der Waals surface area contributed by atoms with Crippen LogP contribution in [0.25, 0.3) is 0 Å². The van der Waals surface area contributed by atoms with Gasteiger partial charge in [0.15, 0.2) is 0 Å². The normalized spacial score (nSPS) is 16.7. The van der Waals surface area contributed by atoms with E-state index in [1.807, 2.05) is 0 Å². The van der Waals surface area contributed by atoms with Crippen molar-refractivity contribution in [2.24, 2.45) is 9.81 Å². The van der Waals surface area contributed by atoms with Gasteiger partial charge in [0.2, 0.25) is 0 Å². The Labute approximate surface area is 136 Å². The highest BCUT2D eigenvalue weighted by Gasteiger charge is 2.40. The SMILES string of the molecule is CC(C)(C)NC(=O)c1ccc(F)c2c1S(=O)(=O)N=C2C(C)(C)C. The third-order valence-corrected chi connectivity index (χ3v) is 4.62. The van der Waals surface area contributed by atoms with Crippen LogP contribution in [0.15, 0.2) is 21.4 Å². The van der Waals surface area contributed by atoms with Crippen LogP contribution >= 0.6 is 0 Å². The first kappa shape index (κ1) is 17.6. The van der Waals surface area contributed by atoms with Gasteiger partial charge in [-0.05, 0) is 32.9 Å². The van der Waals surface area contributed by atoms with Gasteiger partial charge in [-0.2, -0.15) is 12.8 Å². The van der Waals surface area contributed by atoms with E-state index in [0.29, 0.717) is 0 Å². The Bertz CT molecular complexity index is 813. The van der Waals surface area contributed by atoms with Crippen LogP contribution in [-0.4, -0.2) is 25.6 Å². The second-order valence-corrected chi connectivity index (χ2v) is 9.21. The minimum Gasteiger partial charge on any atom is -0.347 e. The topological polar surface area (TPSA) is 75.6 Å². The van der Waals surface area contributed by atoms with Crippen molar-refractivity contribution >= 4 is 21.6 Å². The number of nitrogens with zero attached hydrogens (tertiary/aromatic N) is 1. The van der Waals surface area contributed by atoms with Gasteiger partial charge in [-0.3, -0.25) is 4.79 Å². The molecule has 0 radical (unpaired) electrons. The summed E-state index contributed by atoms with van der Waals surface area (Å²) in [7, 11) is -4.10. The Morgan fingerprint density at radius 2 is 1.70 bits per heavy atom. The molecular weight excluding hydrogens is 319 g/mol. The molecule has 0 atom stereocenters. The lowest BCUT2D eigenvalue weighted by Crippen LogP contribution is -2.41. The molecule has 0 bridgehead atoms. The summed E-state index contributed by atoms with van der Waals surface area (Å²) in [4.78, 5) is 12.1. The predicted molar refractivity (Wildman–Crippen MR) is 86.8 cm³/mol. The van der Waals surface area contributed by atoms with E-state index in [-0.39, 0.29) is 21.7 Å². The number of amides is 1. The van der Waals surface area contributed by atoms with Crippen molar-refractivity contribution in [2.45, 2.75) is 52.0 Å². The number of hydrogen-bond donors (Lipinski definition) is 1. The van der Waals surface area contributed by atoms with Crippen LogP contribution < -0.4 is 5.32 Å². The lowest BCUT2D eigenvalue weighted by molar-refractivity contribution is 0.0916. The zero-order valence-corrected chi connectivity index (χ0v) is 14.9. The first-order valence-corrected chi connectivity index (χ1v) is 8.69. The molecule has 23 heavy (non-hydrogen) atoms. The molecule has 1 heterocycles. The average molecular weight is 340 g/mol. The molecule has 0 unspecified atom stereocenters. The molecule has 1 aliphatic heterocycles. The fourth-order valence-electron chi connectivity index (χ4n) is 2.36. The zero-order chi connectivity index (χ0) is 17.8. The number of carbonyl (C=O) groups is 1. The third kappa shape index (κ3) is 3.29. The summed E-state index contributed by atoms with van der Waals surface area (Å²) in [5.41, 5.74) is -1.26. The van der Waals surface area contributed by atoms with Crippen LogP contribution in [0.5, 0.6) is 0 Å². The average Bonchev–Trinajstić information content (AvgIpc) is 2.61. The van der Waals surface area contributed by atoms with E-state index in [0.717, 1.165) is 6.07 Å². The van der Waals surface area contributed by atoms with Gasteiger partial charge in [0.25, 0.3) is 15.9 Å². The minimum atomic E-state index is -4.10. The van der Waals surface area contributed by atoms with Crippen molar-refractivity contribution in [2.75, 3.05) is 0 Å². The maximum Gasteiger partial charge on any atom is 0.284 e. The van der Waals surface area contributed by atoms with Crippen LogP contribution in [0.1, 0.15) is 57.5 Å². The fraction of sp³-hybridized carbons (Fsp3) is 0.500. The number of carbonyl (C=O) groups excluding carboxylic acids is 1. The van der Waals surface area contributed by atoms with Gasteiger partial charge in [-0.1, -0.05) is 20.8 Å². The predicted octanol–water partition coefficient (Wildman–Crippen LogP) is 2.89. The van der Waals surface area contributed by atoms with Gasteiger partial charge in [-0.25, -0.2) is 4.39 Å². The van der Waals surface area contributed by atoms with Crippen LogP contribution in [0.3, 0.4) is 0 Å². The molecule has 7 heteroatoms. The van der Waals surface area contributed by atoms with E-state index in [1.54, 1.807) is 41.5 Å². The summed E-state index contributed by atoms with van der Waals surface area (Å²) >= 11 is 0. The molecule has 0 aliphatic carbocycles. The smallest absolute Gasteiger partial charge is 0.284 e. The first-order chi connectivity index (χ1) is 10.2. The molecule has 1 aromatic carbocycles. The highest BCUT2D eigenvalue weighted by Crippen LogP contribution is 2.37. The summed E-state index contributed by atoms with van der Waals surface area (Å²) in [6.45, 7) is 10.6. The van der Waals surface area contributed by atoms with Crippen molar-refractivity contribution in [3.8, 4) is 0 Å². The van der Waals surface area contributed by atoms with Gasteiger partial charge < -0.3 is 5.32 Å². The summed E-state index contributed by atoms with van der Waals surface area (Å²) in [6, 6.07) is 2.30. The second kappa shape index (κ2) is 5.12. The molecule has 126 valence electrons. The maximum atomic E-state index is 14.3. The van der Waals surface area contributed by atoms with Gasteiger partial charge >= 0.3 is 0 Å². The van der Waals surface area contributed by atoms with E-state index < -0.39 is 32.7 Å². The number of halogens is 1. The molecule has 1 aromatic rings. The summed E-state index contributed by atoms with van der Waals surface area (Å²) in [5.74, 6) is -1.26. The Balaban J connectivity index is 2.72. The molecule has 5 nitrogen and oxygen atoms in total. The van der Waals surface area contributed by atoms with Gasteiger partial charge in [0.1, 0.15) is 10.7 Å². The molecule has 1 aliphatic rings. The van der Waals surface area contributed by atoms with Crippen molar-refractivity contribution in [1.29, 1.82) is 0 Å². The zero-order valence-electron chi connectivity index (χ0n) is 14.1. The first-order valence-electron chi connectivity index (χ1n) is 7.25. The largest absolute Gasteiger partial charge is 0.347 e. The lowest BCUT2D eigenvalue weighted by atomic mass is 9.85. The van der Waals surface area contributed by atoms with Crippen molar-refractivity contribution < 1.29 is 17.6 Å². The van der Waals surface area contributed by atoms with Crippen molar-refractivity contribution in [1.82, 2.24) is 5.32 Å². The monoisotopic (exact) mass is 340 g/mol. The second-order valence-electron chi connectivity index (χ2n) is 7.67. The molecule has 0 aromatic heterocycles. The van der Waals surface area contributed by atoms with E-state index >= 15 is 0 Å². The van der Waals surface area contributed by atoms with Crippen LogP contribution in [0.2, 0.25) is 0 Å². The quantitative estimate of drug-likeness (QED) is 0.854. The lowest BCUT2D eigenvalue weighted by Gasteiger charge is -2.22. The molecule has 0 saturated heterocycles. The van der Waals surface area contributed by atoms with Crippen LogP contribution in [-0.2, 0) is 10.0 Å². The molecular formula is C16H21FN2O3S. The molecule has 1 amide bonds. The number of rotatable bonds is 1. The third-order valence-electron chi connectivity index (χ3n) is 3.26. The number of benzene rings is 1. The number of sulfonamides is 1. The Kier molecular flexibility index (Phi) is 3.92. The van der Waals surface area contributed by atoms with Crippen LogP contribution in [0.4, 0.5) is 4.39 Å². The van der Waals surface area contributed by atoms with E-state index in [4.69, 9.17) is 0 Å². The van der Waals surface area contributed by atoms with E-state index in [2.05, 4.69) is 9.71 Å².